The van der Waals surface area contributed by atoms with Crippen LogP contribution in [0.25, 0.3) is 0 Å². The average molecular weight is 241 g/mol. The van der Waals surface area contributed by atoms with Gasteiger partial charge in [-0.2, -0.15) is 5.26 Å². The zero-order chi connectivity index (χ0) is 12.0. The summed E-state index contributed by atoms with van der Waals surface area (Å²) in [4.78, 5) is 2.12. The first-order valence-corrected chi connectivity index (χ1v) is 5.58. The van der Waals surface area contributed by atoms with Gasteiger partial charge in [-0.1, -0.05) is 24.6 Å². The van der Waals surface area contributed by atoms with Crippen LogP contribution >= 0.6 is 11.6 Å². The molecule has 0 spiro atoms. The predicted octanol–water partition coefficient (Wildman–Crippen LogP) is 3.21. The van der Waals surface area contributed by atoms with Gasteiger partial charge in [0.15, 0.2) is 0 Å². The van der Waals surface area contributed by atoms with Gasteiger partial charge in [0.2, 0.25) is 0 Å². The molecule has 0 unspecified atom stereocenters. The zero-order valence-corrected chi connectivity index (χ0v) is 9.97. The molecule has 0 aromatic heterocycles. The third kappa shape index (κ3) is 3.80. The Kier molecular flexibility index (Phi) is 5.24. The van der Waals surface area contributed by atoms with Crippen LogP contribution in [0.1, 0.15) is 18.9 Å². The predicted molar refractivity (Wildman–Crippen MR) is 62.6 cm³/mol. The lowest BCUT2D eigenvalue weighted by Gasteiger charge is -2.18. The largest absolute Gasteiger partial charge is 0.298 e. The van der Waals surface area contributed by atoms with Crippen molar-refractivity contribution >= 4 is 11.6 Å². The van der Waals surface area contributed by atoms with E-state index in [-0.39, 0.29) is 5.02 Å². The van der Waals surface area contributed by atoms with Gasteiger partial charge < -0.3 is 0 Å². The normalized spacial score (nSPS) is 10.4. The molecule has 0 aliphatic carbocycles. The topological polar surface area (TPSA) is 27.0 Å². The molecule has 1 rings (SSSR count). The summed E-state index contributed by atoms with van der Waals surface area (Å²) in [6.45, 7) is 4.30. The smallest absolute Gasteiger partial charge is 0.141 e. The third-order valence-corrected chi connectivity index (χ3v) is 2.67. The zero-order valence-electron chi connectivity index (χ0n) is 9.21. The highest BCUT2D eigenvalue weighted by molar-refractivity contribution is 6.30. The van der Waals surface area contributed by atoms with Crippen molar-refractivity contribution in [2.45, 2.75) is 19.9 Å². The van der Waals surface area contributed by atoms with E-state index in [0.717, 1.165) is 18.7 Å². The van der Waals surface area contributed by atoms with Gasteiger partial charge in [-0.15, -0.1) is 0 Å². The SMILES string of the molecule is CCN(CCC#N)Cc1ccc(F)c(Cl)c1. The van der Waals surface area contributed by atoms with Gasteiger partial charge in [0, 0.05) is 19.5 Å². The van der Waals surface area contributed by atoms with Gasteiger partial charge in [0.25, 0.3) is 0 Å². The van der Waals surface area contributed by atoms with Crippen molar-refractivity contribution in [1.29, 1.82) is 5.26 Å². The van der Waals surface area contributed by atoms with Crippen LogP contribution in [-0.4, -0.2) is 18.0 Å². The molecule has 0 saturated carbocycles. The number of benzene rings is 1. The monoisotopic (exact) mass is 240 g/mol. The minimum absolute atomic E-state index is 0.147. The molecule has 1 aromatic rings. The number of nitriles is 1. The second kappa shape index (κ2) is 6.47. The van der Waals surface area contributed by atoms with Crippen molar-refractivity contribution in [2.75, 3.05) is 13.1 Å². The Labute approximate surface area is 100 Å². The number of nitrogens with zero attached hydrogens (tertiary/aromatic N) is 2. The van der Waals surface area contributed by atoms with E-state index in [1.165, 1.54) is 6.07 Å². The highest BCUT2D eigenvalue weighted by Crippen LogP contribution is 2.17. The molecule has 0 N–H and O–H groups in total. The molecule has 0 amide bonds. The Morgan fingerprint density at radius 2 is 2.25 bits per heavy atom. The number of halogens is 2. The van der Waals surface area contributed by atoms with Crippen LogP contribution in [0.5, 0.6) is 0 Å². The van der Waals surface area contributed by atoms with Gasteiger partial charge >= 0.3 is 0 Å². The van der Waals surface area contributed by atoms with E-state index in [2.05, 4.69) is 11.0 Å². The van der Waals surface area contributed by atoms with E-state index in [0.29, 0.717) is 13.0 Å². The molecule has 0 radical (unpaired) electrons. The molecule has 0 heterocycles. The summed E-state index contributed by atoms with van der Waals surface area (Å²) >= 11 is 5.70. The highest BCUT2D eigenvalue weighted by atomic mass is 35.5. The molecule has 0 saturated heterocycles. The maximum atomic E-state index is 12.9. The molecule has 16 heavy (non-hydrogen) atoms. The van der Waals surface area contributed by atoms with Gasteiger partial charge in [-0.25, -0.2) is 4.39 Å². The fourth-order valence-electron chi connectivity index (χ4n) is 1.45. The first-order valence-electron chi connectivity index (χ1n) is 5.20. The summed E-state index contributed by atoms with van der Waals surface area (Å²) in [6.07, 6.45) is 0.503. The molecule has 0 aliphatic rings. The number of hydrogen-bond donors (Lipinski definition) is 0. The minimum Gasteiger partial charge on any atom is -0.298 e. The molecular weight excluding hydrogens is 227 g/mol. The summed E-state index contributed by atoms with van der Waals surface area (Å²) in [5, 5.41) is 8.66. The Morgan fingerprint density at radius 3 is 2.81 bits per heavy atom. The van der Waals surface area contributed by atoms with E-state index < -0.39 is 5.82 Å². The van der Waals surface area contributed by atoms with Crippen LogP contribution in [0.3, 0.4) is 0 Å². The standard InChI is InChI=1S/C12H14ClFN2/c1-2-16(7-3-6-15)9-10-4-5-12(14)11(13)8-10/h4-5,8H,2-3,7,9H2,1H3. The summed E-state index contributed by atoms with van der Waals surface area (Å²) < 4.78 is 12.9. The molecular formula is C12H14ClFN2. The highest BCUT2D eigenvalue weighted by Gasteiger charge is 2.05. The lowest BCUT2D eigenvalue weighted by Crippen LogP contribution is -2.23. The van der Waals surface area contributed by atoms with E-state index >= 15 is 0 Å². The van der Waals surface area contributed by atoms with Crippen molar-refractivity contribution in [3.8, 4) is 6.07 Å². The van der Waals surface area contributed by atoms with E-state index in [1.54, 1.807) is 12.1 Å². The van der Waals surface area contributed by atoms with Crippen molar-refractivity contribution in [3.05, 3.63) is 34.6 Å². The van der Waals surface area contributed by atoms with Crippen molar-refractivity contribution in [3.63, 3.8) is 0 Å². The lowest BCUT2D eigenvalue weighted by atomic mass is 10.2. The van der Waals surface area contributed by atoms with Crippen LogP contribution in [0.15, 0.2) is 18.2 Å². The molecule has 0 aliphatic heterocycles. The first-order chi connectivity index (χ1) is 7.67. The Bertz CT molecular complexity index is 387. The van der Waals surface area contributed by atoms with Gasteiger partial charge in [-0.05, 0) is 24.2 Å². The van der Waals surface area contributed by atoms with Crippen molar-refractivity contribution in [2.24, 2.45) is 0 Å². The molecule has 0 bridgehead atoms. The van der Waals surface area contributed by atoms with Crippen LogP contribution < -0.4 is 0 Å². The van der Waals surface area contributed by atoms with Crippen LogP contribution in [0, 0.1) is 17.1 Å². The summed E-state index contributed by atoms with van der Waals surface area (Å²) in [5.41, 5.74) is 0.964. The second-order valence-electron chi connectivity index (χ2n) is 3.53. The molecule has 1 aromatic carbocycles. The first kappa shape index (κ1) is 13.0. The molecule has 86 valence electrons. The van der Waals surface area contributed by atoms with Gasteiger partial charge in [0.05, 0.1) is 11.1 Å². The van der Waals surface area contributed by atoms with Gasteiger partial charge in [-0.3, -0.25) is 4.90 Å². The lowest BCUT2D eigenvalue weighted by molar-refractivity contribution is 0.286. The molecule has 0 atom stereocenters. The third-order valence-electron chi connectivity index (χ3n) is 2.38. The van der Waals surface area contributed by atoms with Crippen LogP contribution in [0.2, 0.25) is 5.02 Å². The summed E-state index contributed by atoms with van der Waals surface area (Å²) in [6, 6.07) is 6.83. The van der Waals surface area contributed by atoms with E-state index in [4.69, 9.17) is 16.9 Å². The maximum Gasteiger partial charge on any atom is 0.141 e. The average Bonchev–Trinajstić information content (AvgIpc) is 2.29. The van der Waals surface area contributed by atoms with Crippen LogP contribution in [0.4, 0.5) is 4.39 Å². The molecule has 2 nitrogen and oxygen atoms in total. The number of rotatable bonds is 5. The van der Waals surface area contributed by atoms with E-state index in [1.807, 2.05) is 6.92 Å². The van der Waals surface area contributed by atoms with Crippen LogP contribution in [-0.2, 0) is 6.54 Å². The maximum absolute atomic E-state index is 12.9. The van der Waals surface area contributed by atoms with Gasteiger partial charge in [0.1, 0.15) is 5.82 Å². The molecule has 4 heteroatoms. The fraction of sp³-hybridized carbons (Fsp3) is 0.417. The van der Waals surface area contributed by atoms with Crippen molar-refractivity contribution in [1.82, 2.24) is 4.90 Å². The summed E-state index contributed by atoms with van der Waals surface area (Å²) in [7, 11) is 0. The molecule has 0 fully saturated rings. The fourth-order valence-corrected chi connectivity index (χ4v) is 1.66. The quantitative estimate of drug-likeness (QED) is 0.790. The van der Waals surface area contributed by atoms with Crippen molar-refractivity contribution < 1.29 is 4.39 Å². The Morgan fingerprint density at radius 1 is 1.50 bits per heavy atom. The second-order valence-corrected chi connectivity index (χ2v) is 3.93. The van der Waals surface area contributed by atoms with E-state index in [9.17, 15) is 4.39 Å². The Balaban J connectivity index is 2.63. The Hall–Kier alpha value is -1.11. The summed E-state index contributed by atoms with van der Waals surface area (Å²) in [5.74, 6) is -0.398. The minimum atomic E-state index is -0.398. The number of hydrogen-bond acceptors (Lipinski definition) is 2.